The highest BCUT2D eigenvalue weighted by atomic mass is 32.1. The molecule has 0 saturated carbocycles. The number of rotatable bonds is 2. The fraction of sp³-hybridized carbons (Fsp3) is 0.583. The van der Waals surface area contributed by atoms with Crippen LogP contribution in [-0.2, 0) is 11.2 Å². The Hall–Kier alpha value is -1.04. The molecule has 2 rings (SSSR count). The standard InChI is InChI=1S/C12H14F3NOS/c13-12(14,15)10-5-1-2-6-16(10)11(17)8-9-4-3-7-18-9/h3-4,7,10H,1-2,5-6,8H2/t10-/m0/s1. The maximum Gasteiger partial charge on any atom is 0.408 e. The third-order valence-corrected chi connectivity index (χ3v) is 3.98. The molecule has 1 aromatic rings. The number of nitrogens with zero attached hydrogens (tertiary/aromatic N) is 1. The first-order valence-electron chi connectivity index (χ1n) is 5.87. The Morgan fingerprint density at radius 1 is 1.44 bits per heavy atom. The number of carbonyl (C=O) groups excluding carboxylic acids is 1. The van der Waals surface area contributed by atoms with Crippen molar-refractivity contribution in [3.05, 3.63) is 22.4 Å². The fourth-order valence-electron chi connectivity index (χ4n) is 2.23. The molecule has 1 fully saturated rings. The molecule has 0 N–H and O–H groups in total. The number of hydrogen-bond acceptors (Lipinski definition) is 2. The number of hydrogen-bond donors (Lipinski definition) is 0. The van der Waals surface area contributed by atoms with E-state index in [-0.39, 0.29) is 19.4 Å². The number of piperidine rings is 1. The van der Waals surface area contributed by atoms with Gasteiger partial charge in [-0.2, -0.15) is 13.2 Å². The molecule has 1 aromatic heterocycles. The molecule has 0 aromatic carbocycles. The van der Waals surface area contributed by atoms with Gasteiger partial charge in [-0.05, 0) is 30.7 Å². The SMILES string of the molecule is O=C(Cc1cccs1)N1CCCC[C@H]1C(F)(F)F. The van der Waals surface area contributed by atoms with Crippen molar-refractivity contribution in [3.8, 4) is 0 Å². The topological polar surface area (TPSA) is 20.3 Å². The summed E-state index contributed by atoms with van der Waals surface area (Å²) in [6.45, 7) is 0.217. The van der Waals surface area contributed by atoms with E-state index in [0.717, 1.165) is 9.78 Å². The van der Waals surface area contributed by atoms with Crippen LogP contribution >= 0.6 is 11.3 Å². The van der Waals surface area contributed by atoms with E-state index < -0.39 is 18.1 Å². The zero-order chi connectivity index (χ0) is 13.2. The largest absolute Gasteiger partial charge is 0.408 e. The lowest BCUT2D eigenvalue weighted by Crippen LogP contribution is -2.51. The molecular formula is C12H14F3NOS. The molecule has 0 radical (unpaired) electrons. The van der Waals surface area contributed by atoms with Gasteiger partial charge in [0.25, 0.3) is 0 Å². The van der Waals surface area contributed by atoms with Crippen LogP contribution in [0.25, 0.3) is 0 Å². The molecule has 100 valence electrons. The van der Waals surface area contributed by atoms with Gasteiger partial charge >= 0.3 is 6.18 Å². The lowest BCUT2D eigenvalue weighted by atomic mass is 10.0. The van der Waals surface area contributed by atoms with Gasteiger partial charge in [0.05, 0.1) is 6.42 Å². The van der Waals surface area contributed by atoms with Crippen LogP contribution in [-0.4, -0.2) is 29.6 Å². The highest BCUT2D eigenvalue weighted by Crippen LogP contribution is 2.32. The summed E-state index contributed by atoms with van der Waals surface area (Å²) in [4.78, 5) is 13.8. The summed E-state index contributed by atoms with van der Waals surface area (Å²) >= 11 is 1.40. The summed E-state index contributed by atoms with van der Waals surface area (Å²) in [5, 5.41) is 1.82. The third-order valence-electron chi connectivity index (χ3n) is 3.11. The molecule has 1 atom stereocenters. The number of alkyl halides is 3. The van der Waals surface area contributed by atoms with Crippen molar-refractivity contribution < 1.29 is 18.0 Å². The Bertz CT molecular complexity index is 402. The molecule has 6 heteroatoms. The first kappa shape index (κ1) is 13.4. The van der Waals surface area contributed by atoms with E-state index in [2.05, 4.69) is 0 Å². The van der Waals surface area contributed by atoms with Gasteiger partial charge in [-0.3, -0.25) is 4.79 Å². The van der Waals surface area contributed by atoms with E-state index in [1.165, 1.54) is 11.3 Å². The maximum absolute atomic E-state index is 12.8. The lowest BCUT2D eigenvalue weighted by molar-refractivity contribution is -0.195. The summed E-state index contributed by atoms with van der Waals surface area (Å²) in [6.07, 6.45) is -3.02. The Labute approximate surface area is 107 Å². The fourth-order valence-corrected chi connectivity index (χ4v) is 2.93. The average molecular weight is 277 g/mol. The highest BCUT2D eigenvalue weighted by molar-refractivity contribution is 7.10. The molecule has 0 bridgehead atoms. The minimum Gasteiger partial charge on any atom is -0.330 e. The van der Waals surface area contributed by atoms with Crippen molar-refractivity contribution in [2.75, 3.05) is 6.54 Å². The molecule has 2 heterocycles. The summed E-state index contributed by atoms with van der Waals surface area (Å²) in [5.41, 5.74) is 0. The van der Waals surface area contributed by atoms with E-state index in [1.54, 1.807) is 12.1 Å². The summed E-state index contributed by atoms with van der Waals surface area (Å²) < 4.78 is 38.5. The Morgan fingerprint density at radius 2 is 2.22 bits per heavy atom. The summed E-state index contributed by atoms with van der Waals surface area (Å²) in [6, 6.07) is 1.97. The second-order valence-corrected chi connectivity index (χ2v) is 5.43. The van der Waals surface area contributed by atoms with Crippen molar-refractivity contribution in [2.45, 2.75) is 37.9 Å². The van der Waals surface area contributed by atoms with Gasteiger partial charge in [-0.1, -0.05) is 6.07 Å². The van der Waals surface area contributed by atoms with Crippen LogP contribution in [0.2, 0.25) is 0 Å². The zero-order valence-corrected chi connectivity index (χ0v) is 10.6. The number of halogens is 3. The number of carbonyl (C=O) groups is 1. The van der Waals surface area contributed by atoms with E-state index in [4.69, 9.17) is 0 Å². The predicted molar refractivity (Wildman–Crippen MR) is 63.4 cm³/mol. The van der Waals surface area contributed by atoms with Crippen LogP contribution in [0, 0.1) is 0 Å². The number of thiophene rings is 1. The summed E-state index contributed by atoms with van der Waals surface area (Å²) in [5.74, 6) is -0.417. The molecule has 0 spiro atoms. The predicted octanol–water partition coefficient (Wildman–Crippen LogP) is 3.23. The Morgan fingerprint density at radius 3 is 2.83 bits per heavy atom. The Kier molecular flexibility index (Phi) is 3.94. The van der Waals surface area contributed by atoms with Crippen molar-refractivity contribution in [3.63, 3.8) is 0 Å². The van der Waals surface area contributed by atoms with Gasteiger partial charge in [0, 0.05) is 11.4 Å². The monoisotopic (exact) mass is 277 g/mol. The van der Waals surface area contributed by atoms with Crippen LogP contribution in [0.3, 0.4) is 0 Å². The van der Waals surface area contributed by atoms with Crippen molar-refractivity contribution >= 4 is 17.2 Å². The minimum atomic E-state index is -4.31. The lowest BCUT2D eigenvalue weighted by Gasteiger charge is -2.36. The average Bonchev–Trinajstić information content (AvgIpc) is 2.80. The normalized spacial score (nSPS) is 21.1. The van der Waals surface area contributed by atoms with Gasteiger partial charge in [-0.25, -0.2) is 0 Å². The second kappa shape index (κ2) is 5.30. The first-order chi connectivity index (χ1) is 8.48. The molecule has 18 heavy (non-hydrogen) atoms. The molecule has 1 aliphatic heterocycles. The molecule has 0 aliphatic carbocycles. The minimum absolute atomic E-state index is 0.0275. The van der Waals surface area contributed by atoms with Crippen molar-refractivity contribution in [1.29, 1.82) is 0 Å². The van der Waals surface area contributed by atoms with E-state index >= 15 is 0 Å². The number of likely N-dealkylation sites (tertiary alicyclic amines) is 1. The molecule has 2 nitrogen and oxygen atoms in total. The molecule has 0 unspecified atom stereocenters. The van der Waals surface area contributed by atoms with E-state index in [1.807, 2.05) is 5.38 Å². The van der Waals surface area contributed by atoms with E-state index in [9.17, 15) is 18.0 Å². The van der Waals surface area contributed by atoms with Gasteiger partial charge in [0.15, 0.2) is 0 Å². The van der Waals surface area contributed by atoms with Gasteiger partial charge in [0.1, 0.15) is 6.04 Å². The van der Waals surface area contributed by atoms with Gasteiger partial charge in [-0.15, -0.1) is 11.3 Å². The number of amides is 1. The van der Waals surface area contributed by atoms with Crippen LogP contribution in [0.4, 0.5) is 13.2 Å². The Balaban J connectivity index is 2.06. The highest BCUT2D eigenvalue weighted by Gasteiger charge is 2.46. The van der Waals surface area contributed by atoms with Crippen LogP contribution in [0.15, 0.2) is 17.5 Å². The van der Waals surface area contributed by atoms with E-state index in [0.29, 0.717) is 12.8 Å². The van der Waals surface area contributed by atoms with Crippen LogP contribution in [0.1, 0.15) is 24.1 Å². The summed E-state index contributed by atoms with van der Waals surface area (Å²) in [7, 11) is 0. The van der Waals surface area contributed by atoms with Gasteiger partial charge in [0.2, 0.25) is 5.91 Å². The molecule has 1 amide bonds. The first-order valence-corrected chi connectivity index (χ1v) is 6.75. The second-order valence-electron chi connectivity index (χ2n) is 4.40. The van der Waals surface area contributed by atoms with Crippen LogP contribution in [0.5, 0.6) is 0 Å². The zero-order valence-electron chi connectivity index (χ0n) is 9.74. The van der Waals surface area contributed by atoms with Crippen molar-refractivity contribution in [2.24, 2.45) is 0 Å². The molecule has 1 saturated heterocycles. The maximum atomic E-state index is 12.8. The molecule has 1 aliphatic rings. The van der Waals surface area contributed by atoms with Crippen molar-refractivity contribution in [1.82, 2.24) is 4.90 Å². The smallest absolute Gasteiger partial charge is 0.330 e. The molecular weight excluding hydrogens is 263 g/mol. The van der Waals surface area contributed by atoms with Gasteiger partial charge < -0.3 is 4.90 Å². The third kappa shape index (κ3) is 3.04. The van der Waals surface area contributed by atoms with Crippen LogP contribution < -0.4 is 0 Å². The quantitative estimate of drug-likeness (QED) is 0.812.